The van der Waals surface area contributed by atoms with Crippen molar-refractivity contribution in [3.8, 4) is 0 Å². The van der Waals surface area contributed by atoms with Gasteiger partial charge >= 0.3 is 5.97 Å². The van der Waals surface area contributed by atoms with Gasteiger partial charge in [0.25, 0.3) is 0 Å². The maximum Gasteiger partial charge on any atom is 0.330 e. The van der Waals surface area contributed by atoms with Crippen LogP contribution in [0.15, 0.2) is 30.3 Å². The van der Waals surface area contributed by atoms with Gasteiger partial charge in [-0.15, -0.1) is 0 Å². The summed E-state index contributed by atoms with van der Waals surface area (Å²) in [7, 11) is 0. The first-order valence-electron chi connectivity index (χ1n) is 4.33. The van der Waals surface area contributed by atoms with Gasteiger partial charge in [-0.25, -0.2) is 4.79 Å². The molecule has 74 valence electrons. The first-order valence-corrected chi connectivity index (χ1v) is 4.71. The van der Waals surface area contributed by atoms with E-state index in [1.165, 1.54) is 6.08 Å². The molecule has 0 atom stereocenters. The number of hydrogen-bond acceptors (Lipinski definition) is 2. The highest BCUT2D eigenvalue weighted by atomic mass is 35.5. The summed E-state index contributed by atoms with van der Waals surface area (Å²) >= 11 is 5.88. The van der Waals surface area contributed by atoms with Crippen molar-refractivity contribution < 1.29 is 9.53 Å². The van der Waals surface area contributed by atoms with Crippen molar-refractivity contribution >= 4 is 23.6 Å². The summed E-state index contributed by atoms with van der Waals surface area (Å²) in [4.78, 5) is 11.0. The fraction of sp³-hybridized carbons (Fsp3) is 0.182. The molecule has 0 saturated heterocycles. The van der Waals surface area contributed by atoms with Crippen molar-refractivity contribution in [3.05, 3.63) is 40.9 Å². The van der Waals surface area contributed by atoms with Gasteiger partial charge in [-0.2, -0.15) is 0 Å². The van der Waals surface area contributed by atoms with Gasteiger partial charge in [0.15, 0.2) is 0 Å². The molecule has 0 saturated carbocycles. The zero-order chi connectivity index (χ0) is 10.4. The molecule has 1 aromatic rings. The van der Waals surface area contributed by atoms with Crippen LogP contribution < -0.4 is 0 Å². The number of carbonyl (C=O) groups is 1. The van der Waals surface area contributed by atoms with Crippen molar-refractivity contribution in [2.24, 2.45) is 0 Å². The third-order valence-corrected chi connectivity index (χ3v) is 1.93. The first-order chi connectivity index (χ1) is 6.74. The number of rotatable bonds is 3. The Morgan fingerprint density at radius 3 is 2.86 bits per heavy atom. The summed E-state index contributed by atoms with van der Waals surface area (Å²) in [6.45, 7) is 2.15. The summed E-state index contributed by atoms with van der Waals surface area (Å²) in [6.07, 6.45) is 3.00. The molecule has 0 amide bonds. The highest BCUT2D eigenvalue weighted by Gasteiger charge is 1.96. The molecule has 0 heterocycles. The molecule has 0 spiro atoms. The van der Waals surface area contributed by atoms with Crippen molar-refractivity contribution in [2.45, 2.75) is 6.92 Å². The van der Waals surface area contributed by atoms with E-state index in [9.17, 15) is 4.79 Å². The van der Waals surface area contributed by atoms with Gasteiger partial charge in [-0.05, 0) is 24.6 Å². The van der Waals surface area contributed by atoms with Gasteiger partial charge in [0.2, 0.25) is 0 Å². The largest absolute Gasteiger partial charge is 0.463 e. The van der Waals surface area contributed by atoms with E-state index in [1.54, 1.807) is 19.1 Å². The Kier molecular flexibility index (Phi) is 4.20. The van der Waals surface area contributed by atoms with Crippen LogP contribution in [-0.2, 0) is 9.53 Å². The maximum atomic E-state index is 11.0. The summed E-state index contributed by atoms with van der Waals surface area (Å²) in [5.74, 6) is -0.354. The van der Waals surface area contributed by atoms with Gasteiger partial charge in [-0.1, -0.05) is 29.8 Å². The highest BCUT2D eigenvalue weighted by molar-refractivity contribution is 6.32. The molecule has 1 aromatic carbocycles. The topological polar surface area (TPSA) is 26.3 Å². The number of benzene rings is 1. The second-order valence-corrected chi connectivity index (χ2v) is 3.01. The Labute approximate surface area is 88.1 Å². The Hall–Kier alpha value is -1.28. The van der Waals surface area contributed by atoms with Crippen LogP contribution in [0.1, 0.15) is 12.5 Å². The first kappa shape index (κ1) is 10.8. The number of ether oxygens (including phenoxy) is 1. The van der Waals surface area contributed by atoms with Gasteiger partial charge in [0.05, 0.1) is 6.61 Å². The maximum absolute atomic E-state index is 11.0. The van der Waals surface area contributed by atoms with Gasteiger partial charge in [-0.3, -0.25) is 0 Å². The molecule has 0 aliphatic rings. The van der Waals surface area contributed by atoms with Crippen molar-refractivity contribution in [2.75, 3.05) is 6.61 Å². The number of halogens is 1. The summed E-state index contributed by atoms with van der Waals surface area (Å²) in [6, 6.07) is 7.30. The average molecular weight is 211 g/mol. The number of esters is 1. The molecule has 0 unspecified atom stereocenters. The molecule has 0 aromatic heterocycles. The average Bonchev–Trinajstić information content (AvgIpc) is 2.17. The SMILES string of the molecule is CCOC(=O)/C=C/c1ccccc1Cl. The summed E-state index contributed by atoms with van der Waals surface area (Å²) in [5, 5.41) is 0.619. The summed E-state index contributed by atoms with van der Waals surface area (Å²) < 4.78 is 4.73. The lowest BCUT2D eigenvalue weighted by Gasteiger charge is -1.97. The predicted molar refractivity (Wildman–Crippen MR) is 57.1 cm³/mol. The van der Waals surface area contributed by atoms with Crippen molar-refractivity contribution in [3.63, 3.8) is 0 Å². The molecule has 14 heavy (non-hydrogen) atoms. The molecule has 0 aliphatic heterocycles. The zero-order valence-electron chi connectivity index (χ0n) is 7.87. The Morgan fingerprint density at radius 2 is 2.21 bits per heavy atom. The lowest BCUT2D eigenvalue weighted by Crippen LogP contribution is -1.98. The number of carbonyl (C=O) groups excluding carboxylic acids is 1. The molecule has 0 fully saturated rings. The fourth-order valence-corrected chi connectivity index (χ4v) is 1.16. The van der Waals surface area contributed by atoms with Gasteiger partial charge in [0, 0.05) is 11.1 Å². The molecule has 3 heteroatoms. The summed E-state index contributed by atoms with van der Waals surface area (Å²) in [5.41, 5.74) is 0.808. The zero-order valence-corrected chi connectivity index (χ0v) is 8.62. The van der Waals surface area contributed by atoms with Crippen molar-refractivity contribution in [1.82, 2.24) is 0 Å². The molecule has 0 radical (unpaired) electrons. The third kappa shape index (κ3) is 3.23. The van der Waals surface area contributed by atoms with E-state index < -0.39 is 0 Å². The Balaban J connectivity index is 2.69. The lowest BCUT2D eigenvalue weighted by atomic mass is 10.2. The monoisotopic (exact) mass is 210 g/mol. The van der Waals surface area contributed by atoms with Crippen LogP contribution in [0.25, 0.3) is 6.08 Å². The fourth-order valence-electron chi connectivity index (χ4n) is 0.958. The van der Waals surface area contributed by atoms with Crippen LogP contribution in [0.5, 0.6) is 0 Å². The van der Waals surface area contributed by atoms with Gasteiger partial charge in [0.1, 0.15) is 0 Å². The molecule has 0 N–H and O–H groups in total. The minimum absolute atomic E-state index is 0.354. The van der Waals surface area contributed by atoms with E-state index in [1.807, 2.05) is 18.2 Å². The molecule has 2 nitrogen and oxygen atoms in total. The second-order valence-electron chi connectivity index (χ2n) is 2.61. The van der Waals surface area contributed by atoms with E-state index in [-0.39, 0.29) is 5.97 Å². The van der Waals surface area contributed by atoms with Gasteiger partial charge < -0.3 is 4.74 Å². The quantitative estimate of drug-likeness (QED) is 0.567. The molecule has 0 bridgehead atoms. The van der Waals surface area contributed by atoms with Crippen LogP contribution in [0.2, 0.25) is 5.02 Å². The van der Waals surface area contributed by atoms with Crippen molar-refractivity contribution in [1.29, 1.82) is 0 Å². The second kappa shape index (κ2) is 5.45. The van der Waals surface area contributed by atoms with E-state index in [2.05, 4.69) is 0 Å². The molecule has 1 rings (SSSR count). The van der Waals surface area contributed by atoms with Crippen LogP contribution >= 0.6 is 11.6 Å². The molecular weight excluding hydrogens is 200 g/mol. The van der Waals surface area contributed by atoms with E-state index in [4.69, 9.17) is 16.3 Å². The Bertz CT molecular complexity index is 345. The lowest BCUT2D eigenvalue weighted by molar-refractivity contribution is -0.137. The highest BCUT2D eigenvalue weighted by Crippen LogP contribution is 2.16. The molecular formula is C11H11ClO2. The van der Waals surface area contributed by atoms with E-state index >= 15 is 0 Å². The minimum Gasteiger partial charge on any atom is -0.463 e. The normalized spacial score (nSPS) is 10.4. The smallest absolute Gasteiger partial charge is 0.330 e. The van der Waals surface area contributed by atoms with Crippen LogP contribution in [-0.4, -0.2) is 12.6 Å². The van der Waals surface area contributed by atoms with Crippen LogP contribution in [0, 0.1) is 0 Å². The van der Waals surface area contributed by atoms with Crippen LogP contribution in [0.3, 0.4) is 0 Å². The minimum atomic E-state index is -0.354. The molecule has 0 aliphatic carbocycles. The standard InChI is InChI=1S/C11H11ClO2/c1-2-14-11(13)8-7-9-5-3-4-6-10(9)12/h3-8H,2H2,1H3/b8-7+. The third-order valence-electron chi connectivity index (χ3n) is 1.59. The van der Waals surface area contributed by atoms with E-state index in [0.717, 1.165) is 5.56 Å². The van der Waals surface area contributed by atoms with E-state index in [0.29, 0.717) is 11.6 Å². The van der Waals surface area contributed by atoms with Crippen LogP contribution in [0.4, 0.5) is 0 Å². The Morgan fingerprint density at radius 1 is 1.50 bits per heavy atom. The number of hydrogen-bond donors (Lipinski definition) is 0. The predicted octanol–water partition coefficient (Wildman–Crippen LogP) is 2.92.